The Bertz CT molecular complexity index is 1220. The number of halogens is 1. The van der Waals surface area contributed by atoms with E-state index in [-0.39, 0.29) is 23.3 Å². The van der Waals surface area contributed by atoms with Crippen molar-refractivity contribution in [1.82, 2.24) is 5.16 Å². The molecule has 0 saturated carbocycles. The number of sulfonamides is 1. The Hall–Kier alpha value is -2.85. The normalized spacial score (nSPS) is 11.4. The molecule has 1 aromatic heterocycles. The molecule has 0 unspecified atom stereocenters. The lowest BCUT2D eigenvalue weighted by atomic mass is 10.0. The molecule has 0 bridgehead atoms. The van der Waals surface area contributed by atoms with Crippen LogP contribution >= 0.6 is 15.9 Å². The topological polar surface area (TPSA) is 111 Å². The number of ether oxygens (including phenoxy) is 1. The molecule has 0 spiro atoms. The van der Waals surface area contributed by atoms with E-state index >= 15 is 0 Å². The molecule has 1 heterocycles. The third kappa shape index (κ3) is 5.68. The number of hydrogen-bond acceptors (Lipinski definition) is 6. The first-order chi connectivity index (χ1) is 15.1. The minimum Gasteiger partial charge on any atom is -0.483 e. The van der Waals surface area contributed by atoms with Gasteiger partial charge in [0.05, 0.1) is 15.1 Å². The number of aromatic nitrogens is 1. The van der Waals surface area contributed by atoms with Gasteiger partial charge in [0.2, 0.25) is 5.88 Å². The fourth-order valence-electron chi connectivity index (χ4n) is 2.74. The number of amides is 1. The largest absolute Gasteiger partial charge is 0.483 e. The van der Waals surface area contributed by atoms with Gasteiger partial charge in [-0.3, -0.25) is 4.79 Å². The minimum atomic E-state index is -3.85. The van der Waals surface area contributed by atoms with Crippen LogP contribution in [0.2, 0.25) is 0 Å². The van der Waals surface area contributed by atoms with Crippen LogP contribution in [-0.2, 0) is 14.8 Å². The van der Waals surface area contributed by atoms with Gasteiger partial charge in [-0.05, 0) is 77.7 Å². The first-order valence-electron chi connectivity index (χ1n) is 9.84. The number of nitrogens with zero attached hydrogens (tertiary/aromatic N) is 1. The van der Waals surface area contributed by atoms with Crippen molar-refractivity contribution in [2.24, 2.45) is 0 Å². The van der Waals surface area contributed by atoms with E-state index in [1.165, 1.54) is 24.3 Å². The zero-order valence-electron chi connectivity index (χ0n) is 18.1. The van der Waals surface area contributed by atoms with Gasteiger partial charge in [-0.2, -0.15) is 0 Å². The van der Waals surface area contributed by atoms with E-state index in [9.17, 15) is 13.2 Å². The molecular weight excluding hydrogens is 498 g/mol. The Morgan fingerprint density at radius 3 is 2.41 bits per heavy atom. The van der Waals surface area contributed by atoms with E-state index in [1.807, 2.05) is 18.2 Å². The maximum absolute atomic E-state index is 12.5. The number of carbonyl (C=O) groups is 1. The zero-order valence-corrected chi connectivity index (χ0v) is 20.5. The lowest BCUT2D eigenvalue weighted by Gasteiger charge is -2.12. The zero-order chi connectivity index (χ0) is 23.5. The molecule has 3 rings (SSSR count). The van der Waals surface area contributed by atoms with E-state index < -0.39 is 10.0 Å². The Balaban J connectivity index is 1.59. The van der Waals surface area contributed by atoms with Crippen LogP contribution in [0, 0.1) is 13.8 Å². The number of anilines is 2. The molecule has 0 fully saturated rings. The van der Waals surface area contributed by atoms with Crippen molar-refractivity contribution in [2.75, 3.05) is 16.6 Å². The molecule has 3 aromatic rings. The third-order valence-electron chi connectivity index (χ3n) is 4.81. The molecule has 10 heteroatoms. The van der Waals surface area contributed by atoms with Gasteiger partial charge in [-0.15, -0.1) is 0 Å². The van der Waals surface area contributed by atoms with Crippen LogP contribution in [0.5, 0.6) is 5.75 Å². The Morgan fingerprint density at radius 2 is 1.84 bits per heavy atom. The molecule has 0 radical (unpaired) electrons. The second-order valence-corrected chi connectivity index (χ2v) is 10.1. The van der Waals surface area contributed by atoms with E-state index in [4.69, 9.17) is 9.26 Å². The number of aryl methyl sites for hydroxylation is 1. The number of hydrogen-bond donors (Lipinski definition) is 2. The van der Waals surface area contributed by atoms with Crippen molar-refractivity contribution in [1.29, 1.82) is 0 Å². The summed E-state index contributed by atoms with van der Waals surface area (Å²) < 4.78 is 38.8. The van der Waals surface area contributed by atoms with Gasteiger partial charge in [0, 0.05) is 11.3 Å². The van der Waals surface area contributed by atoms with Gasteiger partial charge in [0.25, 0.3) is 15.9 Å². The van der Waals surface area contributed by atoms with Gasteiger partial charge in [0.1, 0.15) is 5.75 Å². The molecule has 0 aliphatic rings. The molecule has 0 saturated heterocycles. The molecule has 0 aliphatic carbocycles. The minimum absolute atomic E-state index is 0.0226. The maximum atomic E-state index is 12.5. The fourth-order valence-corrected chi connectivity index (χ4v) is 4.30. The summed E-state index contributed by atoms with van der Waals surface area (Å²) in [7, 11) is -3.85. The maximum Gasteiger partial charge on any atom is 0.264 e. The first kappa shape index (κ1) is 23.8. The summed E-state index contributed by atoms with van der Waals surface area (Å²) in [5, 5.41) is 6.41. The van der Waals surface area contributed by atoms with E-state index in [0.717, 1.165) is 10.0 Å². The Morgan fingerprint density at radius 1 is 1.16 bits per heavy atom. The quantitative estimate of drug-likeness (QED) is 0.431. The summed E-state index contributed by atoms with van der Waals surface area (Å²) in [5.41, 5.74) is 2.82. The van der Waals surface area contributed by atoms with Crippen molar-refractivity contribution in [2.45, 2.75) is 38.5 Å². The predicted octanol–water partition coefficient (Wildman–Crippen LogP) is 5.00. The second kappa shape index (κ2) is 9.74. The fraction of sp³-hybridized carbons (Fsp3) is 0.273. The third-order valence-corrected chi connectivity index (χ3v) is 6.78. The number of carbonyl (C=O) groups excluding carboxylic acids is 1. The average molecular weight is 522 g/mol. The first-order valence-corrected chi connectivity index (χ1v) is 12.1. The number of benzene rings is 2. The molecule has 2 aromatic carbocycles. The number of nitrogens with one attached hydrogen (secondary N) is 2. The van der Waals surface area contributed by atoms with E-state index in [2.05, 4.69) is 45.0 Å². The lowest BCUT2D eigenvalue weighted by molar-refractivity contribution is -0.118. The molecule has 2 N–H and O–H groups in total. The number of rotatable bonds is 8. The highest BCUT2D eigenvalue weighted by Gasteiger charge is 2.19. The van der Waals surface area contributed by atoms with Crippen molar-refractivity contribution in [3.63, 3.8) is 0 Å². The van der Waals surface area contributed by atoms with Crippen LogP contribution in [0.15, 0.2) is 56.4 Å². The van der Waals surface area contributed by atoms with Gasteiger partial charge in [-0.1, -0.05) is 25.1 Å². The van der Waals surface area contributed by atoms with Crippen LogP contribution in [0.1, 0.15) is 36.6 Å². The van der Waals surface area contributed by atoms with Crippen molar-refractivity contribution in [3.05, 3.63) is 63.8 Å². The summed E-state index contributed by atoms with van der Waals surface area (Å²) in [5.74, 6) is 0.653. The highest BCUT2D eigenvalue weighted by Crippen LogP contribution is 2.29. The highest BCUT2D eigenvalue weighted by atomic mass is 79.9. The smallest absolute Gasteiger partial charge is 0.264 e. The standard InChI is InChI=1S/C22H24BrN3O5S/c1-13(2)16-5-10-20(19(23)11-16)30-12-21(27)24-17-6-8-18(9-7-17)32(28,29)26-22-14(3)15(4)25-31-22/h5-11,13,26H,12H2,1-4H3,(H,24,27). The van der Waals surface area contributed by atoms with Crippen LogP contribution in [0.4, 0.5) is 11.6 Å². The van der Waals surface area contributed by atoms with E-state index in [0.29, 0.717) is 28.6 Å². The lowest BCUT2D eigenvalue weighted by Crippen LogP contribution is -2.20. The van der Waals surface area contributed by atoms with Crippen LogP contribution in [0.25, 0.3) is 0 Å². The molecule has 8 nitrogen and oxygen atoms in total. The van der Waals surface area contributed by atoms with Crippen LogP contribution in [0.3, 0.4) is 0 Å². The summed E-state index contributed by atoms with van der Waals surface area (Å²) in [6, 6.07) is 11.5. The van der Waals surface area contributed by atoms with E-state index in [1.54, 1.807) is 13.8 Å². The molecule has 1 amide bonds. The summed E-state index contributed by atoms with van der Waals surface area (Å²) in [6.07, 6.45) is 0. The molecule has 0 aliphatic heterocycles. The second-order valence-electron chi connectivity index (χ2n) is 7.53. The highest BCUT2D eigenvalue weighted by molar-refractivity contribution is 9.10. The van der Waals surface area contributed by atoms with Crippen LogP contribution < -0.4 is 14.8 Å². The van der Waals surface area contributed by atoms with Crippen molar-refractivity contribution in [3.8, 4) is 5.75 Å². The van der Waals surface area contributed by atoms with Crippen molar-refractivity contribution < 1.29 is 22.5 Å². The molecule has 32 heavy (non-hydrogen) atoms. The molecule has 170 valence electrons. The summed E-state index contributed by atoms with van der Waals surface area (Å²) in [6.45, 7) is 7.43. The summed E-state index contributed by atoms with van der Waals surface area (Å²) in [4.78, 5) is 12.3. The van der Waals surface area contributed by atoms with Crippen LogP contribution in [-0.4, -0.2) is 26.1 Å². The van der Waals surface area contributed by atoms with Crippen molar-refractivity contribution >= 4 is 43.4 Å². The Labute approximate surface area is 195 Å². The van der Waals surface area contributed by atoms with Gasteiger partial charge in [0.15, 0.2) is 6.61 Å². The monoisotopic (exact) mass is 521 g/mol. The molecule has 0 atom stereocenters. The predicted molar refractivity (Wildman–Crippen MR) is 126 cm³/mol. The molecular formula is C22H24BrN3O5S. The average Bonchev–Trinajstić information content (AvgIpc) is 3.04. The van der Waals surface area contributed by atoms with Gasteiger partial charge < -0.3 is 14.6 Å². The van der Waals surface area contributed by atoms with Gasteiger partial charge >= 0.3 is 0 Å². The SMILES string of the molecule is Cc1noc(NS(=O)(=O)c2ccc(NC(=O)COc3ccc(C(C)C)cc3Br)cc2)c1C. The van der Waals surface area contributed by atoms with Gasteiger partial charge in [-0.25, -0.2) is 13.1 Å². The summed E-state index contributed by atoms with van der Waals surface area (Å²) >= 11 is 3.46. The Kier molecular flexibility index (Phi) is 7.25.